The number of hydrogen-bond acceptors (Lipinski definition) is 2. The molecular formula is C13H16ClN3. The van der Waals surface area contributed by atoms with E-state index < -0.39 is 0 Å². The molecule has 0 radical (unpaired) electrons. The Morgan fingerprint density at radius 1 is 1.47 bits per heavy atom. The normalized spacial score (nSPS) is 17.6. The lowest BCUT2D eigenvalue weighted by Gasteiger charge is -2.00. The molecule has 0 N–H and O–H groups in total. The van der Waals surface area contributed by atoms with Crippen LogP contribution in [0.25, 0.3) is 5.65 Å². The monoisotopic (exact) mass is 249 g/mol. The molecule has 3 nitrogen and oxygen atoms in total. The van der Waals surface area contributed by atoms with Crippen molar-refractivity contribution < 1.29 is 0 Å². The molecule has 1 fully saturated rings. The predicted octanol–water partition coefficient (Wildman–Crippen LogP) is 3.77. The molecule has 3 rings (SSSR count). The molecule has 90 valence electrons. The van der Waals surface area contributed by atoms with Crippen LogP contribution >= 0.6 is 11.6 Å². The molecule has 0 bridgehead atoms. The average Bonchev–Trinajstić information content (AvgIpc) is 3.08. The summed E-state index contributed by atoms with van der Waals surface area (Å²) in [6, 6.07) is 4.16. The standard InChI is InChI=1S/C13H16ClN3/c1-3-8(2)13-15-12-7-10(9-4-5-9)6-11(14)17(12)16-13/h6-9H,3-5H2,1-2H3. The Morgan fingerprint density at radius 2 is 2.24 bits per heavy atom. The summed E-state index contributed by atoms with van der Waals surface area (Å²) >= 11 is 6.26. The third-order valence-electron chi connectivity index (χ3n) is 3.53. The van der Waals surface area contributed by atoms with Gasteiger partial charge in [-0.05, 0) is 42.9 Å². The number of hydrogen-bond donors (Lipinski definition) is 0. The summed E-state index contributed by atoms with van der Waals surface area (Å²) in [5.74, 6) is 1.97. The zero-order valence-electron chi connectivity index (χ0n) is 10.2. The largest absolute Gasteiger partial charge is 0.212 e. The molecule has 0 amide bonds. The van der Waals surface area contributed by atoms with Crippen molar-refractivity contribution in [1.29, 1.82) is 0 Å². The highest BCUT2D eigenvalue weighted by Crippen LogP contribution is 2.41. The van der Waals surface area contributed by atoms with Gasteiger partial charge in [-0.2, -0.15) is 0 Å². The van der Waals surface area contributed by atoms with Crippen LogP contribution in [0.3, 0.4) is 0 Å². The summed E-state index contributed by atoms with van der Waals surface area (Å²) in [6.45, 7) is 4.29. The van der Waals surface area contributed by atoms with Crippen molar-refractivity contribution in [3.8, 4) is 0 Å². The fourth-order valence-corrected chi connectivity index (χ4v) is 2.27. The molecule has 17 heavy (non-hydrogen) atoms. The minimum Gasteiger partial charge on any atom is -0.212 e. The quantitative estimate of drug-likeness (QED) is 0.775. The molecule has 0 aliphatic heterocycles. The predicted molar refractivity (Wildman–Crippen MR) is 68.7 cm³/mol. The van der Waals surface area contributed by atoms with Gasteiger partial charge >= 0.3 is 0 Å². The zero-order chi connectivity index (χ0) is 12.0. The third-order valence-corrected chi connectivity index (χ3v) is 3.80. The van der Waals surface area contributed by atoms with Crippen LogP contribution in [0.1, 0.15) is 56.3 Å². The van der Waals surface area contributed by atoms with E-state index in [4.69, 9.17) is 11.6 Å². The number of fused-ring (bicyclic) bond motifs is 1. The molecule has 1 aliphatic carbocycles. The molecule has 1 unspecified atom stereocenters. The highest BCUT2D eigenvalue weighted by molar-refractivity contribution is 6.29. The Kier molecular flexibility index (Phi) is 2.58. The molecule has 0 saturated heterocycles. The number of halogens is 1. The van der Waals surface area contributed by atoms with Crippen LogP contribution in [0, 0.1) is 0 Å². The lowest BCUT2D eigenvalue weighted by atomic mass is 10.1. The van der Waals surface area contributed by atoms with E-state index in [1.807, 2.05) is 6.07 Å². The smallest absolute Gasteiger partial charge is 0.157 e. The maximum atomic E-state index is 6.26. The number of rotatable bonds is 3. The van der Waals surface area contributed by atoms with Crippen molar-refractivity contribution in [3.63, 3.8) is 0 Å². The maximum absolute atomic E-state index is 6.26. The highest BCUT2D eigenvalue weighted by atomic mass is 35.5. The topological polar surface area (TPSA) is 30.2 Å². The summed E-state index contributed by atoms with van der Waals surface area (Å²) in [5, 5.41) is 5.15. The van der Waals surface area contributed by atoms with E-state index in [9.17, 15) is 0 Å². The molecule has 4 heteroatoms. The minimum absolute atomic E-state index is 0.385. The van der Waals surface area contributed by atoms with Gasteiger partial charge in [0, 0.05) is 5.92 Å². The molecule has 1 saturated carbocycles. The molecule has 1 atom stereocenters. The van der Waals surface area contributed by atoms with Crippen molar-refractivity contribution >= 4 is 17.2 Å². The number of nitrogens with zero attached hydrogens (tertiary/aromatic N) is 3. The van der Waals surface area contributed by atoms with Crippen LogP contribution in [0.5, 0.6) is 0 Å². The van der Waals surface area contributed by atoms with Gasteiger partial charge in [-0.3, -0.25) is 0 Å². The van der Waals surface area contributed by atoms with Crippen LogP contribution in [-0.4, -0.2) is 14.6 Å². The van der Waals surface area contributed by atoms with Crippen molar-refractivity contribution in [1.82, 2.24) is 14.6 Å². The maximum Gasteiger partial charge on any atom is 0.157 e. The molecule has 0 spiro atoms. The van der Waals surface area contributed by atoms with Crippen LogP contribution in [0.2, 0.25) is 5.15 Å². The molecular weight excluding hydrogens is 234 g/mol. The van der Waals surface area contributed by atoms with Crippen LogP contribution in [0.4, 0.5) is 0 Å². The Bertz CT molecular complexity index is 557. The number of pyridine rings is 1. The van der Waals surface area contributed by atoms with Gasteiger partial charge in [0.1, 0.15) is 5.15 Å². The summed E-state index contributed by atoms with van der Waals surface area (Å²) in [5.41, 5.74) is 2.19. The van der Waals surface area contributed by atoms with Gasteiger partial charge in [-0.15, -0.1) is 5.10 Å². The van der Waals surface area contributed by atoms with E-state index in [2.05, 4.69) is 30.0 Å². The van der Waals surface area contributed by atoms with Gasteiger partial charge < -0.3 is 0 Å². The second-order valence-corrected chi connectivity index (χ2v) is 5.32. The van der Waals surface area contributed by atoms with E-state index in [1.54, 1.807) is 4.52 Å². The average molecular weight is 250 g/mol. The fourth-order valence-electron chi connectivity index (χ4n) is 2.02. The van der Waals surface area contributed by atoms with Gasteiger partial charge in [0.25, 0.3) is 0 Å². The van der Waals surface area contributed by atoms with Gasteiger partial charge in [0.2, 0.25) is 0 Å². The first kappa shape index (κ1) is 11.0. The summed E-state index contributed by atoms with van der Waals surface area (Å²) in [7, 11) is 0. The van der Waals surface area contributed by atoms with E-state index in [-0.39, 0.29) is 0 Å². The first-order chi connectivity index (χ1) is 8.19. The van der Waals surface area contributed by atoms with Crippen molar-refractivity contribution in [2.45, 2.75) is 44.9 Å². The SMILES string of the molecule is CCC(C)c1nc2cc(C3CC3)cc(Cl)n2n1. The van der Waals surface area contributed by atoms with Gasteiger partial charge in [-0.25, -0.2) is 9.50 Å². The van der Waals surface area contributed by atoms with Gasteiger partial charge in [0.05, 0.1) is 0 Å². The van der Waals surface area contributed by atoms with Crippen LogP contribution in [-0.2, 0) is 0 Å². The molecule has 2 aromatic heterocycles. The summed E-state index contributed by atoms with van der Waals surface area (Å²) in [4.78, 5) is 4.58. The van der Waals surface area contributed by atoms with Crippen LogP contribution in [0.15, 0.2) is 12.1 Å². The Balaban J connectivity index is 2.10. The van der Waals surface area contributed by atoms with Crippen molar-refractivity contribution in [2.24, 2.45) is 0 Å². The van der Waals surface area contributed by atoms with E-state index >= 15 is 0 Å². The lowest BCUT2D eigenvalue weighted by molar-refractivity contribution is 0.676. The summed E-state index contributed by atoms with van der Waals surface area (Å²) in [6.07, 6.45) is 3.60. The summed E-state index contributed by atoms with van der Waals surface area (Å²) < 4.78 is 1.74. The van der Waals surface area contributed by atoms with Gasteiger partial charge in [0.15, 0.2) is 11.5 Å². The Hall–Kier alpha value is -1.09. The minimum atomic E-state index is 0.385. The molecule has 1 aliphatic rings. The van der Waals surface area contributed by atoms with E-state index in [0.717, 1.165) is 17.9 Å². The second kappa shape index (κ2) is 3.98. The Labute approximate surface area is 106 Å². The van der Waals surface area contributed by atoms with Crippen molar-refractivity contribution in [3.05, 3.63) is 28.7 Å². The van der Waals surface area contributed by atoms with E-state index in [1.165, 1.54) is 18.4 Å². The molecule has 0 aromatic carbocycles. The first-order valence-corrected chi connectivity index (χ1v) is 6.63. The molecule has 2 aromatic rings. The highest BCUT2D eigenvalue weighted by Gasteiger charge is 2.25. The first-order valence-electron chi connectivity index (χ1n) is 6.25. The lowest BCUT2D eigenvalue weighted by Crippen LogP contribution is -1.95. The Morgan fingerprint density at radius 3 is 2.88 bits per heavy atom. The van der Waals surface area contributed by atoms with E-state index in [0.29, 0.717) is 17.0 Å². The third kappa shape index (κ3) is 1.93. The number of aromatic nitrogens is 3. The van der Waals surface area contributed by atoms with Crippen LogP contribution < -0.4 is 0 Å². The zero-order valence-corrected chi connectivity index (χ0v) is 10.9. The fraction of sp³-hybridized carbons (Fsp3) is 0.538. The second-order valence-electron chi connectivity index (χ2n) is 4.93. The molecule has 2 heterocycles. The van der Waals surface area contributed by atoms with Gasteiger partial charge in [-0.1, -0.05) is 25.4 Å². The van der Waals surface area contributed by atoms with Crippen molar-refractivity contribution in [2.75, 3.05) is 0 Å².